The lowest BCUT2D eigenvalue weighted by Crippen LogP contribution is -2.10. The van der Waals surface area contributed by atoms with Crippen LogP contribution in [0, 0.1) is 0 Å². The number of nitrogen functional groups attached to an aromatic ring is 1. The van der Waals surface area contributed by atoms with Crippen molar-refractivity contribution >= 4 is 33.2 Å². The average Bonchev–Trinajstić information content (AvgIpc) is 2.37. The number of hydrogen-bond donors (Lipinski definition) is 2. The number of nitrogens with two attached hydrogens (primary N) is 1. The molecule has 5 heteroatoms. The van der Waals surface area contributed by atoms with E-state index in [1.807, 2.05) is 6.07 Å². The number of anilines is 1. The Morgan fingerprint density at radius 3 is 2.74 bits per heavy atom. The van der Waals surface area contributed by atoms with Gasteiger partial charge < -0.3 is 15.6 Å². The fraction of sp³-hybridized carbons (Fsp3) is 0.143. The Morgan fingerprint density at radius 1 is 1.26 bits per heavy atom. The standard InChI is InChI=1S/C14H13BrClNO2/c15-10-4-5-14(12(16)7-10)19-8-13(18)9-2-1-3-11(17)6-9/h1-7,13,18H,8,17H2. The summed E-state index contributed by atoms with van der Waals surface area (Å²) < 4.78 is 6.38. The van der Waals surface area contributed by atoms with Crippen LogP contribution in [0.1, 0.15) is 11.7 Å². The highest BCUT2D eigenvalue weighted by molar-refractivity contribution is 9.10. The molecular formula is C14H13BrClNO2. The van der Waals surface area contributed by atoms with Gasteiger partial charge in [-0.1, -0.05) is 39.7 Å². The van der Waals surface area contributed by atoms with Gasteiger partial charge in [0.15, 0.2) is 0 Å². The van der Waals surface area contributed by atoms with E-state index in [2.05, 4.69) is 15.9 Å². The Balaban J connectivity index is 2.02. The van der Waals surface area contributed by atoms with Crippen molar-refractivity contribution in [3.05, 3.63) is 57.5 Å². The van der Waals surface area contributed by atoms with Gasteiger partial charge in [0, 0.05) is 10.2 Å². The second kappa shape index (κ2) is 6.28. The smallest absolute Gasteiger partial charge is 0.138 e. The lowest BCUT2D eigenvalue weighted by atomic mass is 10.1. The largest absolute Gasteiger partial charge is 0.489 e. The van der Waals surface area contributed by atoms with Crippen LogP contribution >= 0.6 is 27.5 Å². The predicted octanol–water partition coefficient (Wildman–Crippen LogP) is 3.80. The van der Waals surface area contributed by atoms with Crippen LogP contribution in [0.25, 0.3) is 0 Å². The van der Waals surface area contributed by atoms with Gasteiger partial charge in [-0.15, -0.1) is 0 Å². The monoisotopic (exact) mass is 341 g/mol. The second-order valence-electron chi connectivity index (χ2n) is 4.07. The van der Waals surface area contributed by atoms with Crippen LogP contribution in [-0.2, 0) is 0 Å². The van der Waals surface area contributed by atoms with Crippen LogP contribution in [0.15, 0.2) is 46.9 Å². The average molecular weight is 343 g/mol. The molecule has 0 aliphatic rings. The third kappa shape index (κ3) is 3.86. The quantitative estimate of drug-likeness (QED) is 0.831. The summed E-state index contributed by atoms with van der Waals surface area (Å²) in [4.78, 5) is 0. The molecule has 0 aliphatic carbocycles. The predicted molar refractivity (Wildman–Crippen MR) is 80.5 cm³/mol. The number of halogens is 2. The van der Waals surface area contributed by atoms with E-state index in [0.717, 1.165) is 4.47 Å². The van der Waals surface area contributed by atoms with Crippen LogP contribution < -0.4 is 10.5 Å². The Kier molecular flexibility index (Phi) is 4.69. The molecule has 0 amide bonds. The van der Waals surface area contributed by atoms with Gasteiger partial charge in [0.25, 0.3) is 0 Å². The molecule has 0 saturated heterocycles. The first-order valence-corrected chi connectivity index (χ1v) is 6.84. The molecule has 100 valence electrons. The van der Waals surface area contributed by atoms with E-state index in [-0.39, 0.29) is 6.61 Å². The van der Waals surface area contributed by atoms with Gasteiger partial charge in [0.05, 0.1) is 5.02 Å². The van der Waals surface area contributed by atoms with Crippen molar-refractivity contribution in [1.29, 1.82) is 0 Å². The van der Waals surface area contributed by atoms with Crippen molar-refractivity contribution in [2.24, 2.45) is 0 Å². The molecule has 0 saturated carbocycles. The van der Waals surface area contributed by atoms with Crippen LogP contribution in [0.4, 0.5) is 5.69 Å². The number of rotatable bonds is 4. The maximum absolute atomic E-state index is 10.0. The summed E-state index contributed by atoms with van der Waals surface area (Å²) in [5, 5.41) is 10.5. The minimum Gasteiger partial charge on any atom is -0.489 e. The number of aliphatic hydroxyl groups excluding tert-OH is 1. The van der Waals surface area contributed by atoms with Crippen molar-refractivity contribution in [2.45, 2.75) is 6.10 Å². The second-order valence-corrected chi connectivity index (χ2v) is 5.39. The molecule has 0 radical (unpaired) electrons. The van der Waals surface area contributed by atoms with Gasteiger partial charge in [0.2, 0.25) is 0 Å². The van der Waals surface area contributed by atoms with Gasteiger partial charge >= 0.3 is 0 Å². The maximum Gasteiger partial charge on any atom is 0.138 e. The molecule has 0 aliphatic heterocycles. The van der Waals surface area contributed by atoms with E-state index in [4.69, 9.17) is 22.1 Å². The highest BCUT2D eigenvalue weighted by atomic mass is 79.9. The van der Waals surface area contributed by atoms with Crippen LogP contribution in [0.5, 0.6) is 5.75 Å². The minimum atomic E-state index is -0.747. The van der Waals surface area contributed by atoms with E-state index in [1.54, 1.807) is 36.4 Å². The number of aliphatic hydroxyl groups is 1. The van der Waals surface area contributed by atoms with E-state index < -0.39 is 6.10 Å². The van der Waals surface area contributed by atoms with Gasteiger partial charge in [-0.05, 0) is 35.9 Å². The highest BCUT2D eigenvalue weighted by Gasteiger charge is 2.10. The molecule has 0 spiro atoms. The summed E-state index contributed by atoms with van der Waals surface area (Å²) in [7, 11) is 0. The molecule has 2 rings (SSSR count). The third-order valence-corrected chi connectivity index (χ3v) is 3.37. The summed E-state index contributed by atoms with van der Waals surface area (Å²) in [5.74, 6) is 0.535. The molecular weight excluding hydrogens is 330 g/mol. The van der Waals surface area contributed by atoms with E-state index in [1.165, 1.54) is 0 Å². The fourth-order valence-corrected chi connectivity index (χ4v) is 2.35. The summed E-state index contributed by atoms with van der Waals surface area (Å²) >= 11 is 9.35. The van der Waals surface area contributed by atoms with Crippen molar-refractivity contribution < 1.29 is 9.84 Å². The van der Waals surface area contributed by atoms with Crippen molar-refractivity contribution in [3.63, 3.8) is 0 Å². The van der Waals surface area contributed by atoms with Crippen LogP contribution in [-0.4, -0.2) is 11.7 Å². The molecule has 0 bridgehead atoms. The van der Waals surface area contributed by atoms with Crippen LogP contribution in [0.2, 0.25) is 5.02 Å². The molecule has 3 N–H and O–H groups in total. The van der Waals surface area contributed by atoms with Crippen molar-refractivity contribution in [3.8, 4) is 5.75 Å². The SMILES string of the molecule is Nc1cccc(C(O)COc2ccc(Br)cc2Cl)c1. The number of hydrogen-bond acceptors (Lipinski definition) is 3. The van der Waals surface area contributed by atoms with Crippen molar-refractivity contribution in [1.82, 2.24) is 0 Å². The molecule has 0 aromatic heterocycles. The van der Waals surface area contributed by atoms with Gasteiger partial charge in [-0.25, -0.2) is 0 Å². The Morgan fingerprint density at radius 2 is 2.05 bits per heavy atom. The zero-order valence-corrected chi connectivity index (χ0v) is 12.4. The Bertz CT molecular complexity index is 577. The molecule has 2 aromatic carbocycles. The number of ether oxygens (including phenoxy) is 1. The summed E-state index contributed by atoms with van der Waals surface area (Å²) in [5.41, 5.74) is 6.99. The fourth-order valence-electron chi connectivity index (χ4n) is 1.62. The molecule has 3 nitrogen and oxygen atoms in total. The van der Waals surface area contributed by atoms with Gasteiger partial charge in [-0.3, -0.25) is 0 Å². The first-order valence-electron chi connectivity index (χ1n) is 5.67. The molecule has 2 aromatic rings. The minimum absolute atomic E-state index is 0.116. The topological polar surface area (TPSA) is 55.5 Å². The van der Waals surface area contributed by atoms with Crippen LogP contribution in [0.3, 0.4) is 0 Å². The maximum atomic E-state index is 10.0. The number of benzene rings is 2. The van der Waals surface area contributed by atoms with Crippen molar-refractivity contribution in [2.75, 3.05) is 12.3 Å². The van der Waals surface area contributed by atoms with Gasteiger partial charge in [-0.2, -0.15) is 0 Å². The highest BCUT2D eigenvalue weighted by Crippen LogP contribution is 2.28. The molecule has 1 unspecified atom stereocenters. The van der Waals surface area contributed by atoms with E-state index >= 15 is 0 Å². The normalized spacial score (nSPS) is 12.2. The summed E-state index contributed by atoms with van der Waals surface area (Å²) in [6.45, 7) is 0.116. The Hall–Kier alpha value is -1.23. The summed E-state index contributed by atoms with van der Waals surface area (Å²) in [6.07, 6.45) is -0.747. The van der Waals surface area contributed by atoms with E-state index in [0.29, 0.717) is 22.0 Å². The first-order chi connectivity index (χ1) is 9.06. The Labute approximate surface area is 125 Å². The zero-order chi connectivity index (χ0) is 13.8. The molecule has 0 heterocycles. The van der Waals surface area contributed by atoms with Gasteiger partial charge in [0.1, 0.15) is 18.5 Å². The third-order valence-electron chi connectivity index (χ3n) is 2.59. The molecule has 19 heavy (non-hydrogen) atoms. The lowest BCUT2D eigenvalue weighted by Gasteiger charge is -2.14. The molecule has 0 fully saturated rings. The zero-order valence-electron chi connectivity index (χ0n) is 10.0. The lowest BCUT2D eigenvalue weighted by molar-refractivity contribution is 0.108. The first kappa shape index (κ1) is 14.2. The molecule has 1 atom stereocenters. The summed E-state index contributed by atoms with van der Waals surface area (Å²) in [6, 6.07) is 12.4. The van der Waals surface area contributed by atoms with E-state index in [9.17, 15) is 5.11 Å².